The minimum Gasteiger partial charge on any atom is -0.399 e. The number of hydrogen-bond acceptors (Lipinski definition) is 1. The van der Waals surface area contributed by atoms with Crippen LogP contribution in [0.2, 0.25) is 0 Å². The van der Waals surface area contributed by atoms with Crippen LogP contribution >= 0.6 is 0 Å². The lowest BCUT2D eigenvalue weighted by atomic mass is 9.74. The Morgan fingerprint density at radius 3 is 1.98 bits per heavy atom. The molecule has 3 aromatic carbocycles. The molecule has 43 heavy (non-hydrogen) atoms. The average molecular weight is 607 g/mol. The van der Waals surface area contributed by atoms with Crippen LogP contribution in [-0.4, -0.2) is 6.36 Å². The number of aryl methyl sites for hydroxylation is 2. The molecule has 1 atom stereocenters. The summed E-state index contributed by atoms with van der Waals surface area (Å²) in [5, 5.41) is 0. The molecule has 0 radical (unpaired) electrons. The highest BCUT2D eigenvalue weighted by atomic mass is 19.4. The van der Waals surface area contributed by atoms with Crippen molar-refractivity contribution in [3.05, 3.63) is 99.1 Å². The zero-order valence-corrected chi connectivity index (χ0v) is 24.3. The standard InChI is InChI=1S/C35H37F7O/c1-2-3-4-21-5-7-22(8-6-21)9-10-23-11-16-28-27(17-23)20-29(36)32(33(28)39)25-14-12-24(13-15-25)26-18-30(37)34(31(38)19-26)43-35(40,41)42/h5-8,18-20,23-25H,2-4,9-17H2,1H3. The highest BCUT2D eigenvalue weighted by Crippen LogP contribution is 2.45. The topological polar surface area (TPSA) is 9.23 Å². The SMILES string of the molecule is CCCCc1ccc(CCC2CCc3c(cc(F)c(C4CCC(c5cc(F)c(OC(F)(F)F)c(F)c5)CC4)c3F)C2)cc1. The van der Waals surface area contributed by atoms with Gasteiger partial charge in [0, 0.05) is 5.56 Å². The third kappa shape index (κ3) is 7.55. The number of fused-ring (bicyclic) bond motifs is 1. The van der Waals surface area contributed by atoms with E-state index >= 15 is 8.78 Å². The summed E-state index contributed by atoms with van der Waals surface area (Å²) in [5.74, 6) is -5.71. The Bertz CT molecular complexity index is 1380. The number of halogens is 7. The van der Waals surface area contributed by atoms with Gasteiger partial charge in [-0.25, -0.2) is 17.6 Å². The molecule has 0 heterocycles. The second-order valence-electron chi connectivity index (χ2n) is 12.2. The fraction of sp³-hybridized carbons (Fsp3) is 0.486. The van der Waals surface area contributed by atoms with Gasteiger partial charge in [0.1, 0.15) is 11.6 Å². The second kappa shape index (κ2) is 13.3. The Morgan fingerprint density at radius 2 is 1.37 bits per heavy atom. The molecular formula is C35H37F7O. The molecule has 232 valence electrons. The van der Waals surface area contributed by atoms with E-state index < -0.39 is 35.4 Å². The van der Waals surface area contributed by atoms with Gasteiger partial charge in [-0.2, -0.15) is 0 Å². The molecule has 0 bridgehead atoms. The summed E-state index contributed by atoms with van der Waals surface area (Å²) in [4.78, 5) is 0. The first-order valence-electron chi connectivity index (χ1n) is 15.3. The van der Waals surface area contributed by atoms with Gasteiger partial charge in [0.2, 0.25) is 5.75 Å². The van der Waals surface area contributed by atoms with Gasteiger partial charge in [0.15, 0.2) is 11.6 Å². The van der Waals surface area contributed by atoms with Crippen LogP contribution in [0.25, 0.3) is 0 Å². The molecule has 0 aromatic heterocycles. The van der Waals surface area contributed by atoms with Gasteiger partial charge < -0.3 is 4.74 Å². The number of alkyl halides is 3. The fourth-order valence-electron chi connectivity index (χ4n) is 6.93. The summed E-state index contributed by atoms with van der Waals surface area (Å²) in [5.41, 5.74) is 4.28. The molecule has 2 aliphatic carbocycles. The molecule has 5 rings (SSSR count). The molecule has 0 amide bonds. The summed E-state index contributed by atoms with van der Waals surface area (Å²) in [6.07, 6.45) is 3.81. The van der Waals surface area contributed by atoms with Crippen molar-refractivity contribution in [1.82, 2.24) is 0 Å². The highest BCUT2D eigenvalue weighted by Gasteiger charge is 2.35. The van der Waals surface area contributed by atoms with Crippen molar-refractivity contribution in [1.29, 1.82) is 0 Å². The minimum atomic E-state index is -5.22. The predicted molar refractivity (Wildman–Crippen MR) is 152 cm³/mol. The van der Waals surface area contributed by atoms with E-state index in [9.17, 15) is 22.0 Å². The summed E-state index contributed by atoms with van der Waals surface area (Å²) in [6.45, 7) is 2.18. The van der Waals surface area contributed by atoms with Gasteiger partial charge in [-0.1, -0.05) is 37.6 Å². The van der Waals surface area contributed by atoms with E-state index in [0.717, 1.165) is 43.4 Å². The Kier molecular flexibility index (Phi) is 9.72. The van der Waals surface area contributed by atoms with Crippen LogP contribution in [-0.2, 0) is 25.7 Å². The molecule has 0 N–H and O–H groups in total. The van der Waals surface area contributed by atoms with Crippen molar-refractivity contribution in [2.45, 2.75) is 102 Å². The molecule has 1 nitrogen and oxygen atoms in total. The first-order valence-corrected chi connectivity index (χ1v) is 15.3. The zero-order valence-electron chi connectivity index (χ0n) is 24.3. The molecule has 0 aliphatic heterocycles. The Labute approximate surface area is 248 Å². The normalized spacial score (nSPS) is 20.6. The molecule has 2 aliphatic rings. The van der Waals surface area contributed by atoms with Crippen molar-refractivity contribution >= 4 is 0 Å². The molecule has 0 spiro atoms. The molecular weight excluding hydrogens is 569 g/mol. The third-order valence-electron chi connectivity index (χ3n) is 9.29. The van der Waals surface area contributed by atoms with Crippen LogP contribution in [0, 0.1) is 29.2 Å². The quantitative estimate of drug-likeness (QED) is 0.220. The van der Waals surface area contributed by atoms with E-state index in [0.29, 0.717) is 50.0 Å². The molecule has 1 fully saturated rings. The molecule has 3 aromatic rings. The monoisotopic (exact) mass is 606 g/mol. The largest absolute Gasteiger partial charge is 0.573 e. The zero-order chi connectivity index (χ0) is 30.7. The van der Waals surface area contributed by atoms with E-state index in [-0.39, 0.29) is 23.0 Å². The number of unbranched alkanes of at least 4 members (excludes halogenated alkanes) is 1. The van der Waals surface area contributed by atoms with Gasteiger partial charge >= 0.3 is 6.36 Å². The number of ether oxygens (including phenoxy) is 1. The molecule has 1 unspecified atom stereocenters. The fourth-order valence-corrected chi connectivity index (χ4v) is 6.93. The van der Waals surface area contributed by atoms with Gasteiger partial charge in [-0.05, 0) is 134 Å². The van der Waals surface area contributed by atoms with Crippen LogP contribution in [0.5, 0.6) is 5.75 Å². The Hall–Kier alpha value is -3.03. The van der Waals surface area contributed by atoms with Crippen molar-refractivity contribution in [3.63, 3.8) is 0 Å². The summed E-state index contributed by atoms with van der Waals surface area (Å²) in [7, 11) is 0. The van der Waals surface area contributed by atoms with Crippen molar-refractivity contribution < 1.29 is 35.5 Å². The minimum absolute atomic E-state index is 0.0881. The lowest BCUT2D eigenvalue weighted by Crippen LogP contribution is -2.21. The van der Waals surface area contributed by atoms with Gasteiger partial charge in [0.25, 0.3) is 0 Å². The predicted octanol–water partition coefficient (Wildman–Crippen LogP) is 10.7. The summed E-state index contributed by atoms with van der Waals surface area (Å²) < 4.78 is 101. The first kappa shape index (κ1) is 31.4. The second-order valence-corrected chi connectivity index (χ2v) is 12.2. The summed E-state index contributed by atoms with van der Waals surface area (Å²) >= 11 is 0. The Morgan fingerprint density at radius 1 is 0.767 bits per heavy atom. The average Bonchev–Trinajstić information content (AvgIpc) is 2.97. The molecule has 0 saturated heterocycles. The van der Waals surface area contributed by atoms with E-state index in [1.165, 1.54) is 30.0 Å². The maximum atomic E-state index is 15.8. The number of rotatable bonds is 9. The third-order valence-corrected chi connectivity index (χ3v) is 9.29. The number of benzene rings is 3. The van der Waals surface area contributed by atoms with E-state index in [2.05, 4.69) is 35.9 Å². The van der Waals surface area contributed by atoms with Gasteiger partial charge in [0.05, 0.1) is 0 Å². The van der Waals surface area contributed by atoms with Crippen molar-refractivity contribution in [2.24, 2.45) is 5.92 Å². The van der Waals surface area contributed by atoms with Crippen LogP contribution in [0.3, 0.4) is 0 Å². The van der Waals surface area contributed by atoms with Crippen LogP contribution < -0.4 is 4.74 Å². The van der Waals surface area contributed by atoms with Gasteiger partial charge in [-0.3, -0.25) is 0 Å². The smallest absolute Gasteiger partial charge is 0.399 e. The van der Waals surface area contributed by atoms with Gasteiger partial charge in [-0.15, -0.1) is 13.2 Å². The van der Waals surface area contributed by atoms with Crippen molar-refractivity contribution in [3.8, 4) is 5.75 Å². The first-order chi connectivity index (χ1) is 20.5. The lowest BCUT2D eigenvalue weighted by Gasteiger charge is -2.32. The number of hydrogen-bond donors (Lipinski definition) is 0. The van der Waals surface area contributed by atoms with Crippen molar-refractivity contribution in [2.75, 3.05) is 0 Å². The van der Waals surface area contributed by atoms with E-state index in [4.69, 9.17) is 0 Å². The molecule has 8 heteroatoms. The Balaban J connectivity index is 1.20. The van der Waals surface area contributed by atoms with Crippen LogP contribution in [0.1, 0.15) is 104 Å². The highest BCUT2D eigenvalue weighted by molar-refractivity contribution is 5.40. The van der Waals surface area contributed by atoms with Crippen LogP contribution in [0.15, 0.2) is 42.5 Å². The van der Waals surface area contributed by atoms with E-state index in [1.807, 2.05) is 0 Å². The molecule has 1 saturated carbocycles. The lowest BCUT2D eigenvalue weighted by molar-refractivity contribution is -0.276. The van der Waals surface area contributed by atoms with Crippen LogP contribution in [0.4, 0.5) is 30.7 Å². The van der Waals surface area contributed by atoms with E-state index in [1.54, 1.807) is 0 Å². The summed E-state index contributed by atoms with van der Waals surface area (Å²) in [6, 6.07) is 12.0. The maximum Gasteiger partial charge on any atom is 0.573 e. The maximum absolute atomic E-state index is 15.8.